The van der Waals surface area contributed by atoms with Crippen molar-refractivity contribution in [1.29, 1.82) is 0 Å². The van der Waals surface area contributed by atoms with Gasteiger partial charge in [-0.2, -0.15) is 0 Å². The zero-order valence-electron chi connectivity index (χ0n) is 17.4. The van der Waals surface area contributed by atoms with Gasteiger partial charge in [-0.3, -0.25) is 4.79 Å². The van der Waals surface area contributed by atoms with Crippen LogP contribution in [0.1, 0.15) is 61.3 Å². The second-order valence-electron chi connectivity index (χ2n) is 8.08. The molecule has 0 saturated carbocycles. The lowest BCUT2D eigenvalue weighted by Crippen LogP contribution is -2.53. The van der Waals surface area contributed by atoms with Gasteiger partial charge in [-0.05, 0) is 45.7 Å². The van der Waals surface area contributed by atoms with Gasteiger partial charge in [-0.25, -0.2) is 4.79 Å². The number of amides is 2. The number of ether oxygens (including phenoxy) is 2. The van der Waals surface area contributed by atoms with Crippen LogP contribution in [0.25, 0.3) is 0 Å². The van der Waals surface area contributed by atoms with E-state index in [1.165, 1.54) is 0 Å². The van der Waals surface area contributed by atoms with Crippen molar-refractivity contribution < 1.29 is 19.1 Å². The number of hydrogen-bond acceptors (Lipinski definition) is 4. The molecular weight excluding hydrogens is 332 g/mol. The largest absolute Gasteiger partial charge is 0.444 e. The number of rotatable bonds is 7. The summed E-state index contributed by atoms with van der Waals surface area (Å²) in [5.41, 5.74) is -1.10. The third-order valence-corrected chi connectivity index (χ3v) is 3.37. The van der Waals surface area contributed by atoms with Crippen LogP contribution in [0.4, 0.5) is 4.79 Å². The van der Waals surface area contributed by atoms with Gasteiger partial charge in [0.1, 0.15) is 11.6 Å². The zero-order chi connectivity index (χ0) is 20.4. The van der Waals surface area contributed by atoms with E-state index in [1.807, 2.05) is 26.8 Å². The summed E-state index contributed by atoms with van der Waals surface area (Å²) in [5.74, 6) is 5.50. The molecule has 148 valence electrons. The van der Waals surface area contributed by atoms with Crippen LogP contribution in [0.2, 0.25) is 0 Å². The number of carbonyl (C=O) groups excluding carboxylic acids is 2. The first kappa shape index (κ1) is 24.0. The molecule has 2 N–H and O–H groups in total. The lowest BCUT2D eigenvalue weighted by Gasteiger charge is -2.31. The van der Waals surface area contributed by atoms with Gasteiger partial charge in [-0.1, -0.05) is 26.8 Å². The van der Waals surface area contributed by atoms with Gasteiger partial charge in [-0.15, -0.1) is 11.8 Å². The van der Waals surface area contributed by atoms with Crippen LogP contribution >= 0.6 is 0 Å². The molecule has 2 atom stereocenters. The van der Waals surface area contributed by atoms with Crippen LogP contribution in [-0.2, 0) is 14.3 Å². The lowest BCUT2D eigenvalue weighted by molar-refractivity contribution is -0.124. The molecule has 0 saturated heterocycles. The van der Waals surface area contributed by atoms with E-state index in [-0.39, 0.29) is 12.0 Å². The van der Waals surface area contributed by atoms with Gasteiger partial charge >= 0.3 is 6.09 Å². The Labute approximate surface area is 158 Å². The second-order valence-corrected chi connectivity index (χ2v) is 8.08. The summed E-state index contributed by atoms with van der Waals surface area (Å²) in [5, 5.41) is 5.36. The van der Waals surface area contributed by atoms with E-state index in [9.17, 15) is 9.59 Å². The van der Waals surface area contributed by atoms with Gasteiger partial charge < -0.3 is 20.1 Å². The normalized spacial score (nSPS) is 14.2. The number of carbonyl (C=O) groups is 2. The average Bonchev–Trinajstić information content (AvgIpc) is 2.49. The van der Waals surface area contributed by atoms with Gasteiger partial charge in [0.05, 0.1) is 6.10 Å². The maximum atomic E-state index is 12.5. The van der Waals surface area contributed by atoms with Crippen molar-refractivity contribution >= 4 is 12.0 Å². The molecule has 0 rings (SSSR count). The summed E-state index contributed by atoms with van der Waals surface area (Å²) in [7, 11) is 1.63. The quantitative estimate of drug-likeness (QED) is 0.677. The van der Waals surface area contributed by atoms with Gasteiger partial charge in [0.25, 0.3) is 0 Å². The van der Waals surface area contributed by atoms with Crippen molar-refractivity contribution in [3.63, 3.8) is 0 Å². The van der Waals surface area contributed by atoms with Crippen molar-refractivity contribution in [2.75, 3.05) is 7.11 Å². The zero-order valence-corrected chi connectivity index (χ0v) is 17.4. The summed E-state index contributed by atoms with van der Waals surface area (Å²) >= 11 is 0. The highest BCUT2D eigenvalue weighted by Gasteiger charge is 2.33. The predicted octanol–water partition coefficient (Wildman–Crippen LogP) is 3.37. The van der Waals surface area contributed by atoms with Crippen LogP contribution in [0.3, 0.4) is 0 Å². The fraction of sp³-hybridized carbons (Fsp3) is 0.700. The van der Waals surface area contributed by atoms with Crippen LogP contribution in [0, 0.1) is 17.3 Å². The molecule has 0 fully saturated rings. The van der Waals surface area contributed by atoms with E-state index >= 15 is 0 Å². The number of nitrogens with one attached hydrogen (secondary N) is 2. The molecule has 0 spiro atoms. The monoisotopic (exact) mass is 366 g/mol. The molecule has 0 aliphatic carbocycles. The number of alkyl carbamates (subject to hydrolysis) is 1. The second kappa shape index (κ2) is 10.9. The molecule has 0 aromatic heterocycles. The Balaban J connectivity index is 4.77. The van der Waals surface area contributed by atoms with Crippen LogP contribution < -0.4 is 10.6 Å². The molecular formula is C20H34N2O4. The molecule has 0 bridgehead atoms. The molecule has 0 aromatic carbocycles. The molecule has 26 heavy (non-hydrogen) atoms. The molecule has 0 aromatic rings. The first-order valence-electron chi connectivity index (χ1n) is 8.78. The fourth-order valence-corrected chi connectivity index (χ4v) is 2.02. The molecule has 0 heterocycles. The van der Waals surface area contributed by atoms with E-state index in [4.69, 9.17) is 9.47 Å². The maximum absolute atomic E-state index is 12.5. The minimum Gasteiger partial charge on any atom is -0.444 e. The predicted molar refractivity (Wildman–Crippen MR) is 103 cm³/mol. The average molecular weight is 367 g/mol. The summed E-state index contributed by atoms with van der Waals surface area (Å²) in [6.45, 7) is 12.7. The highest BCUT2D eigenvalue weighted by atomic mass is 16.6. The molecule has 2 amide bonds. The first-order valence-corrected chi connectivity index (χ1v) is 8.78. The fourth-order valence-electron chi connectivity index (χ4n) is 2.02. The summed E-state index contributed by atoms with van der Waals surface area (Å²) < 4.78 is 10.6. The number of methoxy groups -OCH3 is 1. The molecule has 2 unspecified atom stereocenters. The minimum absolute atomic E-state index is 0.0195. The molecule has 0 aliphatic heterocycles. The standard InChI is InChI=1S/C20H34N2O4/c1-9-10-12-15(25-8)13-11-14-21-17(23)16(19(2,3)4)22-18(24)26-20(5,6)7/h11,14-16H,12-13H2,1-8H3,(H,21,23)(H,22,24). The Morgan fingerprint density at radius 3 is 2.23 bits per heavy atom. The van der Waals surface area contributed by atoms with Crippen LogP contribution in [0.5, 0.6) is 0 Å². The summed E-state index contributed by atoms with van der Waals surface area (Å²) in [6, 6.07) is -0.730. The molecule has 0 aliphatic rings. The molecule has 6 heteroatoms. The Hall–Kier alpha value is -2.00. The Morgan fingerprint density at radius 2 is 1.77 bits per heavy atom. The van der Waals surface area contributed by atoms with Gasteiger partial charge in [0, 0.05) is 13.5 Å². The van der Waals surface area contributed by atoms with E-state index in [0.717, 1.165) is 0 Å². The Kier molecular flexibility index (Phi) is 10.0. The van der Waals surface area contributed by atoms with Gasteiger partial charge in [0.15, 0.2) is 0 Å². The van der Waals surface area contributed by atoms with E-state index in [1.54, 1.807) is 41.0 Å². The third-order valence-electron chi connectivity index (χ3n) is 3.37. The Bertz CT molecular complexity index is 545. The number of hydrogen-bond donors (Lipinski definition) is 2. The van der Waals surface area contributed by atoms with Crippen molar-refractivity contribution in [2.45, 2.75) is 79.1 Å². The molecule has 6 nitrogen and oxygen atoms in total. The maximum Gasteiger partial charge on any atom is 0.408 e. The van der Waals surface area contributed by atoms with Gasteiger partial charge in [0.2, 0.25) is 5.91 Å². The van der Waals surface area contributed by atoms with Crippen LogP contribution in [0.15, 0.2) is 12.3 Å². The van der Waals surface area contributed by atoms with Crippen molar-refractivity contribution in [3.05, 3.63) is 12.3 Å². The van der Waals surface area contributed by atoms with E-state index in [0.29, 0.717) is 12.8 Å². The highest BCUT2D eigenvalue weighted by Crippen LogP contribution is 2.20. The van der Waals surface area contributed by atoms with E-state index in [2.05, 4.69) is 22.5 Å². The van der Waals surface area contributed by atoms with Crippen LogP contribution in [-0.4, -0.2) is 36.9 Å². The third kappa shape index (κ3) is 10.8. The van der Waals surface area contributed by atoms with Crippen molar-refractivity contribution in [1.82, 2.24) is 10.6 Å². The minimum atomic E-state index is -0.730. The topological polar surface area (TPSA) is 76.7 Å². The van der Waals surface area contributed by atoms with E-state index < -0.39 is 23.2 Å². The summed E-state index contributed by atoms with van der Waals surface area (Å²) in [6.07, 6.45) is 4.02. The summed E-state index contributed by atoms with van der Waals surface area (Å²) in [4.78, 5) is 24.5. The van der Waals surface area contributed by atoms with Crippen molar-refractivity contribution in [3.8, 4) is 11.8 Å². The Morgan fingerprint density at radius 1 is 1.15 bits per heavy atom. The molecule has 0 radical (unpaired) electrons. The highest BCUT2D eigenvalue weighted by molar-refractivity contribution is 5.87. The van der Waals surface area contributed by atoms with Crippen molar-refractivity contribution in [2.24, 2.45) is 5.41 Å². The first-order chi connectivity index (χ1) is 11.9. The lowest BCUT2D eigenvalue weighted by atomic mass is 9.86. The SMILES string of the molecule is CC#CCC(CC=CNC(=O)C(NC(=O)OC(C)(C)C)C(C)(C)C)OC. The smallest absolute Gasteiger partial charge is 0.408 e.